The van der Waals surface area contributed by atoms with Crippen LogP contribution in [0, 0.1) is 0 Å². The molecular weight excluding hydrogens is 378 g/mol. The number of ether oxygens (including phenoxy) is 2. The number of nitrogens with zero attached hydrogens (tertiary/aromatic N) is 2. The Morgan fingerprint density at radius 3 is 2.57 bits per heavy atom. The van der Waals surface area contributed by atoms with Crippen LogP contribution < -0.4 is 14.2 Å². The van der Waals surface area contributed by atoms with E-state index in [1.54, 1.807) is 18.3 Å². The van der Waals surface area contributed by atoms with Crippen molar-refractivity contribution in [3.63, 3.8) is 0 Å². The van der Waals surface area contributed by atoms with Crippen LogP contribution in [0.15, 0.2) is 65.8 Å². The summed E-state index contributed by atoms with van der Waals surface area (Å²) in [5.41, 5.74) is 1.02. The summed E-state index contributed by atoms with van der Waals surface area (Å²) in [6.07, 6.45) is 4.25. The number of hydrogen-bond donors (Lipinski definition) is 1. The summed E-state index contributed by atoms with van der Waals surface area (Å²) in [5.74, 6) is 1.58. The Morgan fingerprint density at radius 2 is 1.86 bits per heavy atom. The summed E-state index contributed by atoms with van der Waals surface area (Å²) in [6.45, 7) is 0.928. The Labute approximate surface area is 165 Å². The van der Waals surface area contributed by atoms with Gasteiger partial charge < -0.3 is 14.0 Å². The van der Waals surface area contributed by atoms with Gasteiger partial charge in [-0.3, -0.25) is 0 Å². The quantitative estimate of drug-likeness (QED) is 0.558. The molecule has 0 amide bonds. The van der Waals surface area contributed by atoms with Gasteiger partial charge >= 0.3 is 0 Å². The molecule has 0 fully saturated rings. The van der Waals surface area contributed by atoms with Crippen LogP contribution in [0.25, 0.3) is 11.4 Å². The monoisotopic (exact) mass is 401 g/mol. The third-order valence-electron chi connectivity index (χ3n) is 4.28. The molecule has 0 spiro atoms. The number of methoxy groups -OCH3 is 2. The first-order valence-electron chi connectivity index (χ1n) is 8.83. The first kappa shape index (κ1) is 19.9. The molecular formula is C20H23N3O4S. The van der Waals surface area contributed by atoms with Gasteiger partial charge in [-0.25, -0.2) is 18.1 Å². The summed E-state index contributed by atoms with van der Waals surface area (Å²) >= 11 is 0. The minimum absolute atomic E-state index is 0.0574. The van der Waals surface area contributed by atoms with Gasteiger partial charge in [-0.1, -0.05) is 30.3 Å². The van der Waals surface area contributed by atoms with Crippen molar-refractivity contribution in [1.29, 1.82) is 0 Å². The molecule has 0 aliphatic heterocycles. The van der Waals surface area contributed by atoms with Gasteiger partial charge in [-0.15, -0.1) is 0 Å². The minimum Gasteiger partial charge on any atom is -0.497 e. The first-order chi connectivity index (χ1) is 13.5. The Kier molecular flexibility index (Phi) is 6.33. The number of hydrogen-bond acceptors (Lipinski definition) is 5. The van der Waals surface area contributed by atoms with E-state index in [1.165, 1.54) is 20.3 Å². The molecule has 8 heteroatoms. The molecule has 1 heterocycles. The highest BCUT2D eigenvalue weighted by Crippen LogP contribution is 2.28. The van der Waals surface area contributed by atoms with Crippen molar-refractivity contribution in [3.8, 4) is 22.9 Å². The van der Waals surface area contributed by atoms with Gasteiger partial charge in [0.25, 0.3) is 0 Å². The zero-order valence-electron chi connectivity index (χ0n) is 15.8. The highest BCUT2D eigenvalue weighted by Gasteiger charge is 2.20. The third-order valence-corrected chi connectivity index (χ3v) is 5.76. The minimum atomic E-state index is -3.72. The van der Waals surface area contributed by atoms with E-state index >= 15 is 0 Å². The van der Waals surface area contributed by atoms with Crippen molar-refractivity contribution in [1.82, 2.24) is 14.3 Å². The number of rotatable bonds is 9. The van der Waals surface area contributed by atoms with E-state index in [-0.39, 0.29) is 17.2 Å². The van der Waals surface area contributed by atoms with E-state index in [9.17, 15) is 8.42 Å². The molecule has 0 atom stereocenters. The number of benzene rings is 2. The van der Waals surface area contributed by atoms with E-state index in [0.717, 1.165) is 11.4 Å². The fourth-order valence-electron chi connectivity index (χ4n) is 2.86. The molecule has 3 rings (SSSR count). The van der Waals surface area contributed by atoms with Crippen LogP contribution in [-0.4, -0.2) is 38.7 Å². The number of imidazole rings is 1. The average molecular weight is 401 g/mol. The van der Waals surface area contributed by atoms with Gasteiger partial charge in [0.15, 0.2) is 0 Å². The summed E-state index contributed by atoms with van der Waals surface area (Å²) in [4.78, 5) is 4.45. The normalized spacial score (nSPS) is 11.4. The second kappa shape index (κ2) is 8.90. The van der Waals surface area contributed by atoms with Crippen molar-refractivity contribution in [3.05, 3.63) is 60.9 Å². The predicted molar refractivity (Wildman–Crippen MR) is 107 cm³/mol. The summed E-state index contributed by atoms with van der Waals surface area (Å²) in [7, 11) is -0.796. The molecule has 0 bridgehead atoms. The molecule has 1 aromatic heterocycles. The molecule has 148 valence electrons. The topological polar surface area (TPSA) is 82.5 Å². The molecule has 0 saturated carbocycles. The third kappa shape index (κ3) is 4.52. The fourth-order valence-corrected chi connectivity index (χ4v) is 4.12. The maximum atomic E-state index is 12.7. The van der Waals surface area contributed by atoms with Gasteiger partial charge in [0, 0.05) is 37.1 Å². The lowest BCUT2D eigenvalue weighted by molar-refractivity contribution is 0.392. The smallest absolute Gasteiger partial charge is 0.244 e. The van der Waals surface area contributed by atoms with Crippen molar-refractivity contribution < 1.29 is 17.9 Å². The number of nitrogens with one attached hydrogen (secondary N) is 1. The molecule has 1 N–H and O–H groups in total. The van der Waals surface area contributed by atoms with Crippen LogP contribution in [0.2, 0.25) is 0 Å². The van der Waals surface area contributed by atoms with Crippen LogP contribution in [0.3, 0.4) is 0 Å². The van der Waals surface area contributed by atoms with Gasteiger partial charge in [-0.2, -0.15) is 0 Å². The van der Waals surface area contributed by atoms with E-state index in [4.69, 9.17) is 9.47 Å². The number of aryl methyl sites for hydroxylation is 1. The van der Waals surface area contributed by atoms with Crippen molar-refractivity contribution >= 4 is 10.0 Å². The second-order valence-corrected chi connectivity index (χ2v) is 7.81. The Hall–Kier alpha value is -2.84. The second-order valence-electron chi connectivity index (χ2n) is 6.08. The predicted octanol–water partition coefficient (Wildman–Crippen LogP) is 2.94. The zero-order valence-corrected chi connectivity index (χ0v) is 16.6. The van der Waals surface area contributed by atoms with E-state index in [0.29, 0.717) is 18.7 Å². The van der Waals surface area contributed by atoms with Crippen LogP contribution in [0.1, 0.15) is 6.42 Å². The standard InChI is InChI=1S/C20H23N3O4S/c1-26-17-9-10-18(27-2)19(15-17)28(24,25)22-11-6-13-23-14-12-21-20(23)16-7-4-3-5-8-16/h3-5,7-10,12,14-15,22H,6,11,13H2,1-2H3. The van der Waals surface area contributed by atoms with Crippen LogP contribution in [0.5, 0.6) is 11.5 Å². The molecule has 2 aromatic carbocycles. The summed E-state index contributed by atoms with van der Waals surface area (Å²) in [5, 5.41) is 0. The lowest BCUT2D eigenvalue weighted by atomic mass is 10.2. The molecule has 0 unspecified atom stereocenters. The zero-order chi connectivity index (χ0) is 20.0. The van der Waals surface area contributed by atoms with Gasteiger partial charge in [-0.05, 0) is 18.6 Å². The largest absolute Gasteiger partial charge is 0.497 e. The molecule has 0 radical (unpaired) electrons. The Morgan fingerprint density at radius 1 is 1.07 bits per heavy atom. The maximum Gasteiger partial charge on any atom is 0.244 e. The van der Waals surface area contributed by atoms with Crippen molar-refractivity contribution in [2.24, 2.45) is 0 Å². The van der Waals surface area contributed by atoms with E-state index in [1.807, 2.05) is 41.1 Å². The van der Waals surface area contributed by atoms with E-state index in [2.05, 4.69) is 9.71 Å². The van der Waals surface area contributed by atoms with Gasteiger partial charge in [0.2, 0.25) is 10.0 Å². The molecule has 28 heavy (non-hydrogen) atoms. The lowest BCUT2D eigenvalue weighted by Crippen LogP contribution is -2.26. The van der Waals surface area contributed by atoms with Crippen LogP contribution in [-0.2, 0) is 16.6 Å². The van der Waals surface area contributed by atoms with Crippen LogP contribution >= 0.6 is 0 Å². The number of sulfonamides is 1. The average Bonchev–Trinajstić information content (AvgIpc) is 3.20. The molecule has 3 aromatic rings. The Bertz CT molecular complexity index is 1020. The fraction of sp³-hybridized carbons (Fsp3) is 0.250. The van der Waals surface area contributed by atoms with Crippen molar-refractivity contribution in [2.45, 2.75) is 17.9 Å². The summed E-state index contributed by atoms with van der Waals surface area (Å²) in [6, 6.07) is 14.6. The van der Waals surface area contributed by atoms with Gasteiger partial charge in [0.1, 0.15) is 22.2 Å². The maximum absolute atomic E-state index is 12.7. The number of aromatic nitrogens is 2. The Balaban J connectivity index is 1.64. The van der Waals surface area contributed by atoms with Crippen molar-refractivity contribution in [2.75, 3.05) is 20.8 Å². The molecule has 0 aliphatic rings. The molecule has 7 nitrogen and oxygen atoms in total. The highest BCUT2D eigenvalue weighted by atomic mass is 32.2. The first-order valence-corrected chi connectivity index (χ1v) is 10.3. The molecule has 0 aliphatic carbocycles. The van der Waals surface area contributed by atoms with Crippen LogP contribution in [0.4, 0.5) is 0 Å². The SMILES string of the molecule is COc1ccc(OC)c(S(=O)(=O)NCCCn2ccnc2-c2ccccc2)c1. The molecule has 0 saturated heterocycles. The summed E-state index contributed by atoms with van der Waals surface area (Å²) < 4.78 is 40.3. The highest BCUT2D eigenvalue weighted by molar-refractivity contribution is 7.89. The lowest BCUT2D eigenvalue weighted by Gasteiger charge is -2.12. The van der Waals surface area contributed by atoms with Gasteiger partial charge in [0.05, 0.1) is 14.2 Å². The van der Waals surface area contributed by atoms with E-state index < -0.39 is 10.0 Å².